The largest absolute Gasteiger partial charge is 0.486 e. The van der Waals surface area contributed by atoms with Crippen LogP contribution in [0.3, 0.4) is 0 Å². The fourth-order valence-corrected chi connectivity index (χ4v) is 4.46. The van der Waals surface area contributed by atoms with Gasteiger partial charge < -0.3 is 9.64 Å². The number of rotatable bonds is 1. The number of benzene rings is 1. The highest BCUT2D eigenvalue weighted by molar-refractivity contribution is 5.35. The van der Waals surface area contributed by atoms with Gasteiger partial charge in [-0.05, 0) is 26.0 Å². The van der Waals surface area contributed by atoms with Gasteiger partial charge in [0, 0.05) is 50.6 Å². The molecule has 22 heavy (non-hydrogen) atoms. The van der Waals surface area contributed by atoms with E-state index in [1.807, 2.05) is 0 Å². The van der Waals surface area contributed by atoms with E-state index < -0.39 is 0 Å². The number of fused-ring (bicyclic) bond motifs is 1. The first-order valence-electron chi connectivity index (χ1n) is 8.94. The number of para-hydroxylation sites is 1. The summed E-state index contributed by atoms with van der Waals surface area (Å²) in [5.74, 6) is 1.13. The lowest BCUT2D eigenvalue weighted by Gasteiger charge is -2.43. The van der Waals surface area contributed by atoms with Crippen LogP contribution in [0.2, 0.25) is 0 Å². The first kappa shape index (κ1) is 14.5. The Hall–Kier alpha value is -1.06. The number of piperidine rings is 1. The summed E-state index contributed by atoms with van der Waals surface area (Å²) >= 11 is 0. The van der Waals surface area contributed by atoms with E-state index in [0.29, 0.717) is 0 Å². The summed E-state index contributed by atoms with van der Waals surface area (Å²) < 4.78 is 6.66. The molecule has 2 fully saturated rings. The van der Waals surface area contributed by atoms with Gasteiger partial charge in [0.25, 0.3) is 0 Å². The summed E-state index contributed by atoms with van der Waals surface area (Å²) in [5, 5.41) is 0. The van der Waals surface area contributed by atoms with Crippen LogP contribution in [-0.2, 0) is 6.54 Å². The molecule has 4 rings (SSSR count). The summed E-state index contributed by atoms with van der Waals surface area (Å²) in [6.07, 6.45) is 7.86. The zero-order valence-electron chi connectivity index (χ0n) is 13.8. The van der Waals surface area contributed by atoms with Crippen molar-refractivity contribution in [1.82, 2.24) is 9.80 Å². The summed E-state index contributed by atoms with van der Waals surface area (Å²) in [6, 6.07) is 9.47. The van der Waals surface area contributed by atoms with Crippen molar-refractivity contribution in [2.75, 3.05) is 26.7 Å². The van der Waals surface area contributed by atoms with Gasteiger partial charge in [0.15, 0.2) is 0 Å². The number of ether oxygens (including phenoxy) is 1. The molecule has 3 aliphatic rings. The second-order valence-corrected chi connectivity index (χ2v) is 7.54. The van der Waals surface area contributed by atoms with Crippen molar-refractivity contribution in [3.05, 3.63) is 29.8 Å². The second-order valence-electron chi connectivity index (χ2n) is 7.54. The van der Waals surface area contributed by atoms with Gasteiger partial charge in [-0.3, -0.25) is 4.90 Å². The molecule has 0 radical (unpaired) electrons. The quantitative estimate of drug-likeness (QED) is 0.791. The maximum absolute atomic E-state index is 6.66. The maximum atomic E-state index is 6.66. The van der Waals surface area contributed by atoms with Crippen LogP contribution >= 0.6 is 0 Å². The Balaban J connectivity index is 1.64. The van der Waals surface area contributed by atoms with Crippen molar-refractivity contribution in [2.45, 2.75) is 56.7 Å². The van der Waals surface area contributed by atoms with Gasteiger partial charge in [-0.1, -0.05) is 31.0 Å². The molecule has 0 unspecified atom stereocenters. The van der Waals surface area contributed by atoms with E-state index in [0.717, 1.165) is 50.8 Å². The minimum Gasteiger partial charge on any atom is -0.486 e. The van der Waals surface area contributed by atoms with Crippen LogP contribution in [0.4, 0.5) is 0 Å². The molecule has 0 bridgehead atoms. The predicted octanol–water partition coefficient (Wildman–Crippen LogP) is 3.29. The van der Waals surface area contributed by atoms with Gasteiger partial charge in [0.05, 0.1) is 0 Å². The Bertz CT molecular complexity index is 516. The average molecular weight is 300 g/mol. The lowest BCUT2D eigenvalue weighted by molar-refractivity contribution is -0.0214. The van der Waals surface area contributed by atoms with E-state index >= 15 is 0 Å². The minimum atomic E-state index is 0.0295. The SMILES string of the molecule is CN1CCC2(CC1)CN(C1CCCC1)Cc1ccccc1O2. The fraction of sp³-hybridized carbons (Fsp3) is 0.684. The third kappa shape index (κ3) is 2.77. The Morgan fingerprint density at radius 1 is 1.09 bits per heavy atom. The molecule has 1 aromatic rings. The van der Waals surface area contributed by atoms with Crippen LogP contribution in [0.25, 0.3) is 0 Å². The molecule has 0 atom stereocenters. The molecule has 1 aromatic carbocycles. The van der Waals surface area contributed by atoms with Crippen LogP contribution in [-0.4, -0.2) is 48.1 Å². The molecule has 0 N–H and O–H groups in total. The zero-order chi connectivity index (χ0) is 15.0. The molecule has 1 spiro atoms. The molecule has 1 aliphatic carbocycles. The van der Waals surface area contributed by atoms with Crippen LogP contribution in [0.1, 0.15) is 44.1 Å². The third-order valence-electron chi connectivity index (χ3n) is 5.90. The van der Waals surface area contributed by atoms with E-state index in [4.69, 9.17) is 4.74 Å². The Morgan fingerprint density at radius 3 is 2.59 bits per heavy atom. The lowest BCUT2D eigenvalue weighted by atomic mass is 9.90. The molecule has 0 amide bonds. The van der Waals surface area contributed by atoms with E-state index in [-0.39, 0.29) is 5.60 Å². The smallest absolute Gasteiger partial charge is 0.124 e. The fourth-order valence-electron chi connectivity index (χ4n) is 4.46. The molecule has 1 saturated carbocycles. The highest BCUT2D eigenvalue weighted by Crippen LogP contribution is 2.37. The summed E-state index contributed by atoms with van der Waals surface area (Å²) in [4.78, 5) is 5.18. The van der Waals surface area contributed by atoms with Crippen LogP contribution < -0.4 is 4.74 Å². The normalized spacial score (nSPS) is 26.6. The third-order valence-corrected chi connectivity index (χ3v) is 5.90. The van der Waals surface area contributed by atoms with Crippen LogP contribution in [0.15, 0.2) is 24.3 Å². The molecular formula is C19H28N2O. The molecule has 2 aliphatic heterocycles. The number of hydrogen-bond donors (Lipinski definition) is 0. The van der Waals surface area contributed by atoms with Gasteiger partial charge in [-0.25, -0.2) is 0 Å². The first-order valence-corrected chi connectivity index (χ1v) is 8.94. The molecule has 1 saturated heterocycles. The molecule has 3 nitrogen and oxygen atoms in total. The zero-order valence-corrected chi connectivity index (χ0v) is 13.8. The van der Waals surface area contributed by atoms with Gasteiger partial charge >= 0.3 is 0 Å². The molecule has 2 heterocycles. The Kier molecular flexibility index (Phi) is 3.87. The Labute approximate surface area is 134 Å². The van der Waals surface area contributed by atoms with Gasteiger partial charge in [-0.15, -0.1) is 0 Å². The van der Waals surface area contributed by atoms with Crippen molar-refractivity contribution in [1.29, 1.82) is 0 Å². The monoisotopic (exact) mass is 300 g/mol. The van der Waals surface area contributed by atoms with Crippen molar-refractivity contribution in [3.63, 3.8) is 0 Å². The van der Waals surface area contributed by atoms with Crippen molar-refractivity contribution in [3.8, 4) is 5.75 Å². The molecule has 3 heteroatoms. The topological polar surface area (TPSA) is 15.7 Å². The average Bonchev–Trinajstić information content (AvgIpc) is 3.01. The number of hydrogen-bond acceptors (Lipinski definition) is 3. The highest BCUT2D eigenvalue weighted by atomic mass is 16.5. The first-order chi connectivity index (χ1) is 10.7. The van der Waals surface area contributed by atoms with Gasteiger partial charge in [-0.2, -0.15) is 0 Å². The van der Waals surface area contributed by atoms with Crippen molar-refractivity contribution in [2.24, 2.45) is 0 Å². The van der Waals surface area contributed by atoms with E-state index in [9.17, 15) is 0 Å². The highest BCUT2D eigenvalue weighted by Gasteiger charge is 2.41. The van der Waals surface area contributed by atoms with Crippen molar-refractivity contribution < 1.29 is 4.74 Å². The number of likely N-dealkylation sites (tertiary alicyclic amines) is 1. The predicted molar refractivity (Wildman–Crippen MR) is 89.2 cm³/mol. The minimum absolute atomic E-state index is 0.0295. The number of nitrogens with zero attached hydrogens (tertiary/aromatic N) is 2. The summed E-state index contributed by atoms with van der Waals surface area (Å²) in [7, 11) is 2.23. The summed E-state index contributed by atoms with van der Waals surface area (Å²) in [5.41, 5.74) is 1.41. The van der Waals surface area contributed by atoms with Gasteiger partial charge in [0.2, 0.25) is 0 Å². The molecular weight excluding hydrogens is 272 g/mol. The van der Waals surface area contributed by atoms with E-state index in [1.54, 1.807) is 0 Å². The van der Waals surface area contributed by atoms with Crippen LogP contribution in [0, 0.1) is 0 Å². The van der Waals surface area contributed by atoms with E-state index in [2.05, 4.69) is 41.1 Å². The maximum Gasteiger partial charge on any atom is 0.124 e. The molecule has 120 valence electrons. The van der Waals surface area contributed by atoms with E-state index in [1.165, 1.54) is 31.2 Å². The standard InChI is InChI=1S/C19H28N2O/c1-20-12-10-19(11-13-20)15-21(17-7-3-4-8-17)14-16-6-2-5-9-18(16)22-19/h2,5-6,9,17H,3-4,7-8,10-15H2,1H3. The molecule has 0 aromatic heterocycles. The van der Waals surface area contributed by atoms with Crippen molar-refractivity contribution >= 4 is 0 Å². The van der Waals surface area contributed by atoms with Gasteiger partial charge in [0.1, 0.15) is 11.4 Å². The van der Waals surface area contributed by atoms with Crippen LogP contribution in [0.5, 0.6) is 5.75 Å². The second kappa shape index (κ2) is 5.86. The summed E-state index contributed by atoms with van der Waals surface area (Å²) in [6.45, 7) is 4.49. The Morgan fingerprint density at radius 2 is 1.82 bits per heavy atom. The lowest BCUT2D eigenvalue weighted by Crippen LogP contribution is -2.54.